The summed E-state index contributed by atoms with van der Waals surface area (Å²) < 4.78 is 10.9. The number of benzene rings is 2. The zero-order valence-corrected chi connectivity index (χ0v) is 14.6. The molecule has 3 aromatic rings. The molecule has 0 fully saturated rings. The minimum absolute atomic E-state index is 0.0430. The third-order valence-electron chi connectivity index (χ3n) is 3.14. The molecule has 0 radical (unpaired) electrons. The Morgan fingerprint density at radius 2 is 2.00 bits per heavy atom. The monoisotopic (exact) mass is 391 g/mol. The zero-order chi connectivity index (χ0) is 18.5. The number of ether oxygens (including phenoxy) is 1. The van der Waals surface area contributed by atoms with E-state index < -0.39 is 4.92 Å². The van der Waals surface area contributed by atoms with E-state index in [0.717, 1.165) is 11.8 Å². The molecule has 0 atom stereocenters. The molecular weight excluding hydrogens is 382 g/mol. The van der Waals surface area contributed by atoms with Gasteiger partial charge in [0.1, 0.15) is 12.0 Å². The Bertz CT molecular complexity index is 945. The van der Waals surface area contributed by atoms with E-state index in [2.05, 4.69) is 10.2 Å². The minimum atomic E-state index is -0.573. The number of rotatable bonds is 7. The molecule has 0 aliphatic carbocycles. The maximum atomic E-state index is 11.1. The number of aldehydes is 1. The summed E-state index contributed by atoms with van der Waals surface area (Å²) >= 11 is 6.73. The highest BCUT2D eigenvalue weighted by atomic mass is 35.5. The average Bonchev–Trinajstić information content (AvgIpc) is 3.09. The molecule has 0 spiro atoms. The van der Waals surface area contributed by atoms with Gasteiger partial charge in [-0.05, 0) is 42.1 Å². The lowest BCUT2D eigenvalue weighted by atomic mass is 10.2. The molecule has 0 amide bonds. The van der Waals surface area contributed by atoms with Crippen LogP contribution < -0.4 is 4.74 Å². The number of hydrogen-bond donors (Lipinski definition) is 0. The lowest BCUT2D eigenvalue weighted by molar-refractivity contribution is -0.387. The van der Waals surface area contributed by atoms with Crippen molar-refractivity contribution in [3.8, 4) is 5.75 Å². The molecule has 0 bridgehead atoms. The number of nitro groups is 1. The smallest absolute Gasteiger partial charge is 0.284 e. The summed E-state index contributed by atoms with van der Waals surface area (Å²) in [5.74, 6) is 0.802. The van der Waals surface area contributed by atoms with E-state index in [0.29, 0.717) is 17.1 Å². The van der Waals surface area contributed by atoms with Crippen LogP contribution in [0.15, 0.2) is 57.0 Å². The largest absolute Gasteiger partial charge is 0.484 e. The van der Waals surface area contributed by atoms with Crippen molar-refractivity contribution in [2.75, 3.05) is 0 Å². The summed E-state index contributed by atoms with van der Waals surface area (Å²) in [4.78, 5) is 21.6. The second-order valence-electron chi connectivity index (χ2n) is 4.91. The van der Waals surface area contributed by atoms with Gasteiger partial charge < -0.3 is 9.15 Å². The van der Waals surface area contributed by atoms with E-state index in [1.54, 1.807) is 24.3 Å². The van der Waals surface area contributed by atoms with Crippen LogP contribution in [0.3, 0.4) is 0 Å². The molecule has 26 heavy (non-hydrogen) atoms. The van der Waals surface area contributed by atoms with Crippen molar-refractivity contribution in [2.24, 2.45) is 0 Å². The fourth-order valence-corrected chi connectivity index (χ4v) is 2.85. The maximum absolute atomic E-state index is 11.1. The predicted molar refractivity (Wildman–Crippen MR) is 92.7 cm³/mol. The van der Waals surface area contributed by atoms with E-state index in [1.807, 2.05) is 0 Å². The summed E-state index contributed by atoms with van der Waals surface area (Å²) in [6.07, 6.45) is 0.542. The summed E-state index contributed by atoms with van der Waals surface area (Å²) in [7, 11) is 0. The number of aromatic nitrogens is 2. The van der Waals surface area contributed by atoms with Crippen molar-refractivity contribution >= 4 is 35.3 Å². The summed E-state index contributed by atoms with van der Waals surface area (Å²) in [5.41, 5.74) is 0.000367. The van der Waals surface area contributed by atoms with Gasteiger partial charge in [-0.2, -0.15) is 0 Å². The molecule has 3 rings (SSSR count). The van der Waals surface area contributed by atoms with E-state index in [4.69, 9.17) is 20.8 Å². The Hall–Kier alpha value is -2.91. The van der Waals surface area contributed by atoms with Gasteiger partial charge in [-0.3, -0.25) is 14.9 Å². The molecular formula is C16H10ClN3O5S. The lowest BCUT2D eigenvalue weighted by Crippen LogP contribution is -1.95. The van der Waals surface area contributed by atoms with Crippen LogP contribution in [0, 0.1) is 10.1 Å². The molecule has 0 unspecified atom stereocenters. The van der Waals surface area contributed by atoms with Gasteiger partial charge in [-0.15, -0.1) is 10.2 Å². The quantitative estimate of drug-likeness (QED) is 0.335. The van der Waals surface area contributed by atoms with Crippen LogP contribution in [0.1, 0.15) is 16.2 Å². The summed E-state index contributed by atoms with van der Waals surface area (Å²) in [5, 5.41) is 19.5. The molecule has 8 nitrogen and oxygen atoms in total. The van der Waals surface area contributed by atoms with E-state index in [9.17, 15) is 14.9 Å². The first kappa shape index (κ1) is 17.9. The number of nitro benzene ring substituents is 1. The summed E-state index contributed by atoms with van der Waals surface area (Å²) in [6.45, 7) is 0.0430. The van der Waals surface area contributed by atoms with E-state index in [-0.39, 0.29) is 33.9 Å². The Morgan fingerprint density at radius 1 is 1.23 bits per heavy atom. The normalized spacial score (nSPS) is 10.5. The first-order valence-electron chi connectivity index (χ1n) is 7.17. The van der Waals surface area contributed by atoms with Crippen LogP contribution in [0.2, 0.25) is 5.02 Å². The first-order chi connectivity index (χ1) is 12.5. The number of carbonyl (C=O) groups excluding carboxylic acids is 1. The van der Waals surface area contributed by atoms with Gasteiger partial charge in [-0.1, -0.05) is 17.7 Å². The highest BCUT2D eigenvalue weighted by molar-refractivity contribution is 7.99. The Labute approximate surface area is 156 Å². The number of carbonyl (C=O) groups is 1. The number of nitrogens with zero attached hydrogens (tertiary/aromatic N) is 3. The van der Waals surface area contributed by atoms with Gasteiger partial charge >= 0.3 is 0 Å². The van der Waals surface area contributed by atoms with Crippen molar-refractivity contribution in [1.82, 2.24) is 10.2 Å². The highest BCUT2D eigenvalue weighted by Gasteiger charge is 2.18. The fourth-order valence-electron chi connectivity index (χ4n) is 1.94. The van der Waals surface area contributed by atoms with Crippen LogP contribution in [0.5, 0.6) is 5.75 Å². The van der Waals surface area contributed by atoms with Crippen LogP contribution in [-0.2, 0) is 6.61 Å². The van der Waals surface area contributed by atoms with Crippen molar-refractivity contribution in [3.05, 3.63) is 69.1 Å². The average molecular weight is 392 g/mol. The van der Waals surface area contributed by atoms with Gasteiger partial charge in [0.15, 0.2) is 6.61 Å². The molecule has 1 heterocycles. The Morgan fingerprint density at radius 3 is 2.69 bits per heavy atom. The molecule has 0 saturated heterocycles. The standard InChI is InChI=1S/C16H10ClN3O5S/c17-11-2-4-12(5-3-11)24-9-15-18-19-16(25-15)26-14-6-1-10(8-21)7-13(14)20(22)23/h1-8H,9H2. The molecule has 2 aromatic carbocycles. The Balaban J connectivity index is 1.69. The van der Waals surface area contributed by atoms with E-state index in [1.165, 1.54) is 18.2 Å². The van der Waals surface area contributed by atoms with Gasteiger partial charge in [0.2, 0.25) is 0 Å². The second-order valence-corrected chi connectivity index (χ2v) is 6.34. The number of halogens is 1. The van der Waals surface area contributed by atoms with Gasteiger partial charge in [0.05, 0.1) is 9.82 Å². The van der Waals surface area contributed by atoms with Crippen molar-refractivity contribution in [3.63, 3.8) is 0 Å². The zero-order valence-electron chi connectivity index (χ0n) is 13.0. The van der Waals surface area contributed by atoms with Crippen LogP contribution in [-0.4, -0.2) is 21.4 Å². The van der Waals surface area contributed by atoms with Crippen LogP contribution in [0.4, 0.5) is 5.69 Å². The SMILES string of the molecule is O=Cc1ccc(Sc2nnc(COc3ccc(Cl)cc3)o2)c([N+](=O)[O-])c1. The van der Waals surface area contributed by atoms with E-state index >= 15 is 0 Å². The maximum Gasteiger partial charge on any atom is 0.284 e. The molecule has 0 N–H and O–H groups in total. The summed E-state index contributed by atoms with van der Waals surface area (Å²) in [6, 6.07) is 10.9. The lowest BCUT2D eigenvalue weighted by Gasteiger charge is -2.02. The molecule has 0 saturated carbocycles. The molecule has 0 aliphatic rings. The van der Waals surface area contributed by atoms with Gasteiger partial charge in [0.25, 0.3) is 16.8 Å². The fraction of sp³-hybridized carbons (Fsp3) is 0.0625. The van der Waals surface area contributed by atoms with Crippen molar-refractivity contribution < 1.29 is 18.9 Å². The molecule has 132 valence electrons. The third kappa shape index (κ3) is 4.38. The topological polar surface area (TPSA) is 108 Å². The minimum Gasteiger partial charge on any atom is -0.484 e. The molecule has 10 heteroatoms. The second kappa shape index (κ2) is 7.98. The van der Waals surface area contributed by atoms with Gasteiger partial charge in [0, 0.05) is 16.7 Å². The number of hydrogen-bond acceptors (Lipinski definition) is 8. The van der Waals surface area contributed by atoms with Gasteiger partial charge in [-0.25, -0.2) is 0 Å². The molecule has 1 aromatic heterocycles. The van der Waals surface area contributed by atoms with Crippen molar-refractivity contribution in [1.29, 1.82) is 0 Å². The predicted octanol–water partition coefficient (Wildman–Crippen LogP) is 4.17. The van der Waals surface area contributed by atoms with Crippen LogP contribution >= 0.6 is 23.4 Å². The third-order valence-corrected chi connectivity index (χ3v) is 4.29. The Kier molecular flexibility index (Phi) is 5.49. The molecule has 0 aliphatic heterocycles. The van der Waals surface area contributed by atoms with Crippen LogP contribution in [0.25, 0.3) is 0 Å². The first-order valence-corrected chi connectivity index (χ1v) is 8.37. The highest BCUT2D eigenvalue weighted by Crippen LogP contribution is 2.34. The van der Waals surface area contributed by atoms with Crippen molar-refractivity contribution in [2.45, 2.75) is 16.7 Å².